The van der Waals surface area contributed by atoms with E-state index in [9.17, 15) is 0 Å². The molecule has 0 aliphatic heterocycles. The first-order valence-electron chi connectivity index (χ1n) is 3.61. The first kappa shape index (κ1) is 8.24. The van der Waals surface area contributed by atoms with Crippen LogP contribution in [0.25, 0.3) is 0 Å². The van der Waals surface area contributed by atoms with Gasteiger partial charge in [0.1, 0.15) is 6.10 Å². The summed E-state index contributed by atoms with van der Waals surface area (Å²) >= 11 is 0. The maximum atomic E-state index is 8.36. The van der Waals surface area contributed by atoms with Gasteiger partial charge in [0.25, 0.3) is 0 Å². The lowest BCUT2D eigenvalue weighted by Crippen LogP contribution is -1.95. The second kappa shape index (κ2) is 3.51. The van der Waals surface area contributed by atoms with Crippen LogP contribution in [-0.4, -0.2) is 5.26 Å². The molecule has 0 fully saturated rings. The smallest absolute Gasteiger partial charge is 0.115 e. The number of hydrogen-bond acceptors (Lipinski definition) is 2. The molecule has 0 spiro atoms. The molecule has 1 aromatic carbocycles. The zero-order valence-electron chi connectivity index (χ0n) is 6.74. The van der Waals surface area contributed by atoms with E-state index in [2.05, 4.69) is 4.89 Å². The molecule has 0 saturated heterocycles. The molecule has 60 valence electrons. The average molecular weight is 152 g/mol. The van der Waals surface area contributed by atoms with Crippen LogP contribution in [0.5, 0.6) is 0 Å². The number of rotatable bonds is 2. The Bertz CT molecular complexity index is 216. The van der Waals surface area contributed by atoms with Gasteiger partial charge in [0, 0.05) is 0 Å². The van der Waals surface area contributed by atoms with Crippen LogP contribution in [0.1, 0.15) is 24.2 Å². The van der Waals surface area contributed by atoms with Crippen molar-refractivity contribution in [1.29, 1.82) is 0 Å². The molecule has 2 heteroatoms. The minimum Gasteiger partial charge on any atom is -0.251 e. The molecule has 1 rings (SSSR count). The Morgan fingerprint density at radius 1 is 1.27 bits per heavy atom. The first-order valence-corrected chi connectivity index (χ1v) is 3.61. The molecule has 0 aliphatic carbocycles. The second-order valence-electron chi connectivity index (χ2n) is 2.66. The van der Waals surface area contributed by atoms with Gasteiger partial charge >= 0.3 is 0 Å². The van der Waals surface area contributed by atoms with Gasteiger partial charge in [-0.05, 0) is 19.4 Å². The fourth-order valence-corrected chi connectivity index (χ4v) is 0.898. The van der Waals surface area contributed by atoms with Gasteiger partial charge in [-0.2, -0.15) is 0 Å². The third-order valence-electron chi connectivity index (χ3n) is 1.70. The van der Waals surface area contributed by atoms with E-state index in [0.29, 0.717) is 0 Å². The van der Waals surface area contributed by atoms with E-state index in [1.165, 1.54) is 5.56 Å². The molecule has 1 atom stereocenters. The lowest BCUT2D eigenvalue weighted by molar-refractivity contribution is -0.277. The van der Waals surface area contributed by atoms with Gasteiger partial charge in [-0.15, -0.1) is 0 Å². The highest BCUT2D eigenvalue weighted by Crippen LogP contribution is 2.15. The zero-order chi connectivity index (χ0) is 8.27. The predicted octanol–water partition coefficient (Wildman–Crippen LogP) is 2.55. The molecule has 0 radical (unpaired) electrons. The van der Waals surface area contributed by atoms with Crippen LogP contribution in [0.3, 0.4) is 0 Å². The molecule has 0 bridgehead atoms. The standard InChI is InChI=1S/C9H12O2/c1-7-3-5-9(6-4-7)8(2)11-10/h3-6,8,10H,1-2H3. The normalized spacial score (nSPS) is 13.0. The highest BCUT2D eigenvalue weighted by atomic mass is 17.1. The molecule has 1 aromatic rings. The van der Waals surface area contributed by atoms with Crippen molar-refractivity contribution in [2.24, 2.45) is 0 Å². The van der Waals surface area contributed by atoms with Crippen LogP contribution in [0.15, 0.2) is 24.3 Å². The Morgan fingerprint density at radius 2 is 1.82 bits per heavy atom. The fraction of sp³-hybridized carbons (Fsp3) is 0.333. The maximum absolute atomic E-state index is 8.36. The quantitative estimate of drug-likeness (QED) is 0.521. The summed E-state index contributed by atoms with van der Waals surface area (Å²) in [6, 6.07) is 7.86. The van der Waals surface area contributed by atoms with Crippen molar-refractivity contribution in [2.45, 2.75) is 20.0 Å². The Hall–Kier alpha value is -0.860. The van der Waals surface area contributed by atoms with Crippen molar-refractivity contribution in [3.63, 3.8) is 0 Å². The van der Waals surface area contributed by atoms with Crippen LogP contribution >= 0.6 is 0 Å². The third kappa shape index (κ3) is 2.03. The summed E-state index contributed by atoms with van der Waals surface area (Å²) in [5.74, 6) is 0. The summed E-state index contributed by atoms with van der Waals surface area (Å²) in [5.41, 5.74) is 2.19. The minimum atomic E-state index is -0.240. The molecule has 2 nitrogen and oxygen atoms in total. The molecule has 0 heterocycles. The molecule has 0 aliphatic rings. The molecule has 1 unspecified atom stereocenters. The number of aryl methyl sites for hydroxylation is 1. The van der Waals surface area contributed by atoms with Crippen molar-refractivity contribution in [3.8, 4) is 0 Å². The van der Waals surface area contributed by atoms with Crippen molar-refractivity contribution in [1.82, 2.24) is 0 Å². The molecular formula is C9H12O2. The molecule has 0 saturated carbocycles. The fourth-order valence-electron chi connectivity index (χ4n) is 0.898. The molecule has 0 aromatic heterocycles. The van der Waals surface area contributed by atoms with E-state index >= 15 is 0 Å². The summed E-state index contributed by atoms with van der Waals surface area (Å²) in [4.78, 5) is 4.18. The Morgan fingerprint density at radius 3 is 2.27 bits per heavy atom. The minimum absolute atomic E-state index is 0.240. The van der Waals surface area contributed by atoms with E-state index in [-0.39, 0.29) is 6.10 Å². The van der Waals surface area contributed by atoms with Crippen LogP contribution in [0.4, 0.5) is 0 Å². The second-order valence-corrected chi connectivity index (χ2v) is 2.66. The lowest BCUT2D eigenvalue weighted by Gasteiger charge is -2.06. The monoisotopic (exact) mass is 152 g/mol. The highest BCUT2D eigenvalue weighted by Gasteiger charge is 2.02. The van der Waals surface area contributed by atoms with E-state index in [1.54, 1.807) is 6.92 Å². The van der Waals surface area contributed by atoms with Crippen molar-refractivity contribution < 1.29 is 10.1 Å². The van der Waals surface area contributed by atoms with Gasteiger partial charge < -0.3 is 0 Å². The van der Waals surface area contributed by atoms with Gasteiger partial charge in [0.2, 0.25) is 0 Å². The Kier molecular flexibility index (Phi) is 2.63. The molecular weight excluding hydrogens is 140 g/mol. The van der Waals surface area contributed by atoms with Gasteiger partial charge in [-0.1, -0.05) is 29.8 Å². The van der Waals surface area contributed by atoms with Crippen molar-refractivity contribution >= 4 is 0 Å². The largest absolute Gasteiger partial charge is 0.251 e. The van der Waals surface area contributed by atoms with Crippen LogP contribution in [0, 0.1) is 6.92 Å². The van der Waals surface area contributed by atoms with E-state index in [4.69, 9.17) is 5.26 Å². The first-order chi connectivity index (χ1) is 5.24. The lowest BCUT2D eigenvalue weighted by atomic mass is 10.1. The zero-order valence-corrected chi connectivity index (χ0v) is 6.74. The summed E-state index contributed by atoms with van der Waals surface area (Å²) < 4.78 is 0. The van der Waals surface area contributed by atoms with Crippen LogP contribution in [0.2, 0.25) is 0 Å². The van der Waals surface area contributed by atoms with Crippen molar-refractivity contribution in [2.75, 3.05) is 0 Å². The Balaban J connectivity index is 2.81. The van der Waals surface area contributed by atoms with Crippen LogP contribution in [-0.2, 0) is 4.89 Å². The highest BCUT2D eigenvalue weighted by molar-refractivity contribution is 5.22. The summed E-state index contributed by atoms with van der Waals surface area (Å²) in [6.07, 6.45) is -0.240. The predicted molar refractivity (Wildman–Crippen MR) is 43.3 cm³/mol. The molecule has 11 heavy (non-hydrogen) atoms. The van der Waals surface area contributed by atoms with Gasteiger partial charge in [0.05, 0.1) is 0 Å². The third-order valence-corrected chi connectivity index (χ3v) is 1.70. The maximum Gasteiger partial charge on any atom is 0.115 e. The number of hydrogen-bond donors (Lipinski definition) is 1. The number of benzene rings is 1. The summed E-state index contributed by atoms with van der Waals surface area (Å²) in [6.45, 7) is 3.82. The SMILES string of the molecule is Cc1ccc(C(C)OO)cc1. The van der Waals surface area contributed by atoms with Crippen LogP contribution < -0.4 is 0 Å². The van der Waals surface area contributed by atoms with Gasteiger partial charge in [-0.3, -0.25) is 5.26 Å². The topological polar surface area (TPSA) is 29.5 Å². The molecule has 0 amide bonds. The molecule has 1 N–H and O–H groups in total. The van der Waals surface area contributed by atoms with Gasteiger partial charge in [0.15, 0.2) is 0 Å². The van der Waals surface area contributed by atoms with Gasteiger partial charge in [-0.25, -0.2) is 4.89 Å². The summed E-state index contributed by atoms with van der Waals surface area (Å²) in [5, 5.41) is 8.36. The van der Waals surface area contributed by atoms with E-state index in [1.807, 2.05) is 31.2 Å². The Labute approximate surface area is 66.4 Å². The van der Waals surface area contributed by atoms with E-state index < -0.39 is 0 Å². The average Bonchev–Trinajstić information content (AvgIpc) is 2.05. The summed E-state index contributed by atoms with van der Waals surface area (Å²) in [7, 11) is 0. The van der Waals surface area contributed by atoms with E-state index in [0.717, 1.165) is 5.56 Å². The van der Waals surface area contributed by atoms with Crippen molar-refractivity contribution in [3.05, 3.63) is 35.4 Å².